The molecule has 1 rings (SSSR count). The number of nitrogens with zero attached hydrogens (tertiary/aromatic N) is 1. The van der Waals surface area contributed by atoms with Crippen LogP contribution in [0.25, 0.3) is 0 Å². The highest BCUT2D eigenvalue weighted by Gasteiger charge is 2.15. The lowest BCUT2D eigenvalue weighted by Gasteiger charge is -2.21. The Bertz CT molecular complexity index is 465. The highest BCUT2D eigenvalue weighted by molar-refractivity contribution is 9.11. The molecule has 0 aliphatic heterocycles. The Labute approximate surface area is 137 Å². The van der Waals surface area contributed by atoms with Crippen molar-refractivity contribution in [3.8, 4) is 0 Å². The summed E-state index contributed by atoms with van der Waals surface area (Å²) in [5.74, 6) is -0.416. The molecule has 2 amide bonds. The topological polar surface area (TPSA) is 69.6 Å². The van der Waals surface area contributed by atoms with Gasteiger partial charge in [-0.2, -0.15) is 0 Å². The van der Waals surface area contributed by atoms with E-state index < -0.39 is 0 Å². The largest absolute Gasteiger partial charge is 0.395 e. The second kappa shape index (κ2) is 9.92. The summed E-state index contributed by atoms with van der Waals surface area (Å²) >= 11 is 4.62. The van der Waals surface area contributed by atoms with Gasteiger partial charge < -0.3 is 15.3 Å². The average Bonchev–Trinajstić information content (AvgIpc) is 2.90. The Balaban J connectivity index is 2.43. The second-order valence-electron chi connectivity index (χ2n) is 4.60. The molecule has 118 valence electrons. The number of rotatable bonds is 9. The molecule has 0 atom stereocenters. The van der Waals surface area contributed by atoms with Crippen LogP contribution in [0.5, 0.6) is 0 Å². The zero-order valence-corrected chi connectivity index (χ0v) is 14.5. The summed E-state index contributed by atoms with van der Waals surface area (Å²) in [6.07, 6.45) is 3.03. The zero-order valence-electron chi connectivity index (χ0n) is 12.1. The van der Waals surface area contributed by atoms with Crippen molar-refractivity contribution in [1.29, 1.82) is 0 Å². The van der Waals surface area contributed by atoms with Gasteiger partial charge in [0.2, 0.25) is 5.91 Å². The van der Waals surface area contributed by atoms with Crippen LogP contribution in [0.1, 0.15) is 35.9 Å². The summed E-state index contributed by atoms with van der Waals surface area (Å²) in [5, 5.41) is 11.6. The van der Waals surface area contributed by atoms with Gasteiger partial charge in [-0.15, -0.1) is 11.3 Å². The minimum atomic E-state index is -0.253. The van der Waals surface area contributed by atoms with Crippen LogP contribution >= 0.6 is 27.3 Å². The fraction of sp³-hybridized carbons (Fsp3) is 0.571. The van der Waals surface area contributed by atoms with Crippen LogP contribution in [0.2, 0.25) is 0 Å². The van der Waals surface area contributed by atoms with E-state index in [9.17, 15) is 9.59 Å². The molecule has 0 aliphatic carbocycles. The van der Waals surface area contributed by atoms with Crippen LogP contribution < -0.4 is 5.32 Å². The van der Waals surface area contributed by atoms with Crippen molar-refractivity contribution in [2.75, 3.05) is 26.2 Å². The molecule has 0 fully saturated rings. The molecular formula is C14H21BrN2O3S. The molecule has 1 aromatic heterocycles. The van der Waals surface area contributed by atoms with Gasteiger partial charge in [0.15, 0.2) is 0 Å². The van der Waals surface area contributed by atoms with Crippen molar-refractivity contribution in [2.45, 2.75) is 26.2 Å². The number of unbranched alkanes of at least 4 members (excludes halogenated alkanes) is 2. The van der Waals surface area contributed by atoms with Crippen LogP contribution in [-0.4, -0.2) is 48.1 Å². The molecule has 0 saturated carbocycles. The van der Waals surface area contributed by atoms with Crippen molar-refractivity contribution in [3.63, 3.8) is 0 Å². The number of nitrogens with one attached hydrogen (secondary N) is 1. The maximum Gasteiger partial charge on any atom is 0.261 e. The van der Waals surface area contributed by atoms with Crippen LogP contribution in [0.15, 0.2) is 15.9 Å². The van der Waals surface area contributed by atoms with Gasteiger partial charge in [-0.05, 0) is 34.5 Å². The van der Waals surface area contributed by atoms with Crippen molar-refractivity contribution in [3.05, 3.63) is 20.8 Å². The molecule has 7 heteroatoms. The molecule has 0 unspecified atom stereocenters. The van der Waals surface area contributed by atoms with E-state index in [1.165, 1.54) is 11.3 Å². The van der Waals surface area contributed by atoms with E-state index in [0.717, 1.165) is 23.0 Å². The molecule has 0 aromatic carbocycles. The molecule has 0 bridgehead atoms. The summed E-state index contributed by atoms with van der Waals surface area (Å²) in [6.45, 7) is 2.92. The first-order valence-electron chi connectivity index (χ1n) is 7.00. The van der Waals surface area contributed by atoms with Gasteiger partial charge in [-0.3, -0.25) is 9.59 Å². The van der Waals surface area contributed by atoms with E-state index >= 15 is 0 Å². The van der Waals surface area contributed by atoms with Crippen LogP contribution in [0.3, 0.4) is 0 Å². The Morgan fingerprint density at radius 3 is 2.67 bits per heavy atom. The van der Waals surface area contributed by atoms with Gasteiger partial charge in [0.05, 0.1) is 21.8 Å². The van der Waals surface area contributed by atoms with Crippen LogP contribution in [0.4, 0.5) is 0 Å². The summed E-state index contributed by atoms with van der Waals surface area (Å²) in [4.78, 5) is 26.1. The normalized spacial score (nSPS) is 10.4. The summed E-state index contributed by atoms with van der Waals surface area (Å²) in [5.41, 5.74) is 0. The fourth-order valence-electron chi connectivity index (χ4n) is 1.83. The van der Waals surface area contributed by atoms with Crippen molar-refractivity contribution >= 4 is 39.1 Å². The lowest BCUT2D eigenvalue weighted by molar-refractivity contribution is -0.130. The minimum absolute atomic E-state index is 0.0412. The maximum absolute atomic E-state index is 12.1. The van der Waals surface area contributed by atoms with Crippen LogP contribution in [0, 0.1) is 0 Å². The second-order valence-corrected chi connectivity index (χ2v) is 7.06. The quantitative estimate of drug-likeness (QED) is 0.649. The Kier molecular flexibility index (Phi) is 8.56. The Hall–Kier alpha value is -0.920. The number of aliphatic hydroxyl groups excluding tert-OH is 1. The third-order valence-corrected chi connectivity index (χ3v) is 4.57. The van der Waals surface area contributed by atoms with E-state index in [-0.39, 0.29) is 25.0 Å². The first-order valence-corrected chi connectivity index (χ1v) is 8.61. The number of carbonyl (C=O) groups excluding carboxylic acids is 2. The van der Waals surface area contributed by atoms with E-state index in [2.05, 4.69) is 28.2 Å². The number of amides is 2. The van der Waals surface area contributed by atoms with Gasteiger partial charge in [-0.25, -0.2) is 0 Å². The number of carbonyl (C=O) groups is 2. The molecule has 0 spiro atoms. The van der Waals surface area contributed by atoms with Gasteiger partial charge in [0, 0.05) is 13.1 Å². The monoisotopic (exact) mass is 376 g/mol. The Morgan fingerprint density at radius 2 is 2.10 bits per heavy atom. The molecule has 21 heavy (non-hydrogen) atoms. The number of hydrogen-bond donors (Lipinski definition) is 2. The van der Waals surface area contributed by atoms with Gasteiger partial charge in [0.25, 0.3) is 5.91 Å². The first kappa shape index (κ1) is 18.1. The molecule has 5 nitrogen and oxygen atoms in total. The third kappa shape index (κ3) is 6.58. The summed E-state index contributed by atoms with van der Waals surface area (Å²) in [7, 11) is 0. The zero-order chi connectivity index (χ0) is 15.7. The SMILES string of the molecule is CCCCCN(CCO)C(=O)CNC(=O)c1ccc(Br)s1. The molecular weight excluding hydrogens is 356 g/mol. The molecule has 0 radical (unpaired) electrons. The minimum Gasteiger partial charge on any atom is -0.395 e. The maximum atomic E-state index is 12.1. The first-order chi connectivity index (χ1) is 10.1. The molecule has 0 aliphatic rings. The molecule has 1 heterocycles. The summed E-state index contributed by atoms with van der Waals surface area (Å²) in [6, 6.07) is 3.51. The highest BCUT2D eigenvalue weighted by atomic mass is 79.9. The van der Waals surface area contributed by atoms with Crippen molar-refractivity contribution < 1.29 is 14.7 Å². The number of hydrogen-bond acceptors (Lipinski definition) is 4. The van der Waals surface area contributed by atoms with Crippen LogP contribution in [-0.2, 0) is 4.79 Å². The van der Waals surface area contributed by atoms with E-state index in [1.807, 2.05) is 0 Å². The van der Waals surface area contributed by atoms with Gasteiger partial charge >= 0.3 is 0 Å². The van der Waals surface area contributed by atoms with Gasteiger partial charge in [-0.1, -0.05) is 19.8 Å². The number of halogens is 1. The average molecular weight is 377 g/mol. The number of aliphatic hydroxyl groups is 1. The lowest BCUT2D eigenvalue weighted by Crippen LogP contribution is -2.41. The van der Waals surface area contributed by atoms with E-state index in [4.69, 9.17) is 5.11 Å². The standard InChI is InChI=1S/C14H21BrN2O3S/c1-2-3-4-7-17(8-9-18)13(19)10-16-14(20)11-5-6-12(15)21-11/h5-6,18H,2-4,7-10H2,1H3,(H,16,20). The van der Waals surface area contributed by atoms with E-state index in [0.29, 0.717) is 18.0 Å². The fourth-order valence-corrected chi connectivity index (χ4v) is 3.13. The number of thiophene rings is 1. The Morgan fingerprint density at radius 1 is 1.33 bits per heavy atom. The molecule has 2 N–H and O–H groups in total. The smallest absolute Gasteiger partial charge is 0.261 e. The van der Waals surface area contributed by atoms with Crippen molar-refractivity contribution in [1.82, 2.24) is 10.2 Å². The lowest BCUT2D eigenvalue weighted by atomic mass is 10.2. The van der Waals surface area contributed by atoms with Crippen molar-refractivity contribution in [2.24, 2.45) is 0 Å². The predicted octanol–water partition coefficient (Wildman–Crippen LogP) is 2.25. The highest BCUT2D eigenvalue weighted by Crippen LogP contribution is 2.21. The molecule has 1 aromatic rings. The van der Waals surface area contributed by atoms with E-state index in [1.54, 1.807) is 17.0 Å². The summed E-state index contributed by atoms with van der Waals surface area (Å²) < 4.78 is 0.875. The predicted molar refractivity (Wildman–Crippen MR) is 87.5 cm³/mol. The molecule has 0 saturated heterocycles. The van der Waals surface area contributed by atoms with Gasteiger partial charge in [0.1, 0.15) is 0 Å². The third-order valence-electron chi connectivity index (χ3n) is 2.95.